The number of esters is 1. The summed E-state index contributed by atoms with van der Waals surface area (Å²) in [6, 6.07) is 4.46. The quantitative estimate of drug-likeness (QED) is 0.398. The number of hydrogen-bond donors (Lipinski definition) is 3. The number of hydrogen-bond acceptors (Lipinski definition) is 9. The lowest BCUT2D eigenvalue weighted by molar-refractivity contribution is -0.200. The topological polar surface area (TPSA) is 178 Å². The molecule has 5 rings (SSSR count). The molecule has 4 aliphatic carbocycles. The summed E-state index contributed by atoms with van der Waals surface area (Å²) in [4.78, 5) is 78.5. The minimum Gasteiger partial charge on any atom is -0.507 e. The molecule has 0 saturated heterocycles. The number of nitrogens with two attached hydrogens (primary N) is 1. The lowest BCUT2D eigenvalue weighted by atomic mass is 9.50. The maximum atomic E-state index is 13.8. The summed E-state index contributed by atoms with van der Waals surface area (Å²) in [5, 5.41) is 22.0. The van der Waals surface area contributed by atoms with E-state index in [1.165, 1.54) is 6.07 Å². The minimum absolute atomic E-state index is 0.103. The number of fused-ring (bicyclic) bond motifs is 3. The van der Waals surface area contributed by atoms with E-state index in [2.05, 4.69) is 0 Å². The Balaban J connectivity index is 1.67. The first-order valence-electron chi connectivity index (χ1n) is 12.2. The van der Waals surface area contributed by atoms with E-state index in [-0.39, 0.29) is 11.3 Å². The SMILES string of the molecule is C[C@H]1c2cccc(O)c2C(=O)C2C(=O)[C@]3(O)C(=O)C(C(N)=O)C(=O)C[C@@H]3[C@@H](OC(=O)C3CCCC3)[C@@H]21. The molecule has 2 unspecified atom stereocenters. The Bertz CT molecular complexity index is 1220. The van der Waals surface area contributed by atoms with Gasteiger partial charge in [-0.2, -0.15) is 0 Å². The Morgan fingerprint density at radius 3 is 2.39 bits per heavy atom. The first-order valence-corrected chi connectivity index (χ1v) is 12.2. The minimum atomic E-state index is -2.92. The molecule has 190 valence electrons. The molecule has 10 nitrogen and oxygen atoms in total. The molecule has 0 bridgehead atoms. The molecule has 3 saturated carbocycles. The molecule has 1 aromatic rings. The van der Waals surface area contributed by atoms with E-state index >= 15 is 0 Å². The van der Waals surface area contributed by atoms with Crippen molar-refractivity contribution >= 4 is 35.0 Å². The number of Topliss-reactive ketones (excluding diaryl/α,β-unsaturated/α-hetero) is 4. The molecule has 3 fully saturated rings. The van der Waals surface area contributed by atoms with E-state index in [9.17, 15) is 39.0 Å². The molecule has 0 aromatic heterocycles. The number of primary amides is 1. The molecule has 4 N–H and O–H groups in total. The zero-order chi connectivity index (χ0) is 26.1. The second kappa shape index (κ2) is 8.33. The standard InChI is InChI=1S/C26H27NO9/c1-10-12-7-4-8-14(28)17(12)20(30)19-16(10)21(36-25(34)11-5-2-3-6-11)13-9-15(29)18(24(27)33)22(31)26(13,35)23(19)32/h4,7-8,10-11,13,16,18-19,21,28,35H,2-3,5-6,9H2,1H3,(H2,27,33)/t10-,13+,16+,18?,19?,21+,26+/m0/s1. The zero-order valence-electron chi connectivity index (χ0n) is 19.6. The van der Waals surface area contributed by atoms with Crippen LogP contribution in [0.1, 0.15) is 60.9 Å². The summed E-state index contributed by atoms with van der Waals surface area (Å²) in [7, 11) is 0. The number of benzene rings is 1. The van der Waals surface area contributed by atoms with Gasteiger partial charge in [-0.25, -0.2) is 0 Å². The number of carbonyl (C=O) groups is 6. The van der Waals surface area contributed by atoms with E-state index in [0.29, 0.717) is 18.4 Å². The second-order valence-electron chi connectivity index (χ2n) is 10.4. The third-order valence-electron chi connectivity index (χ3n) is 8.63. The van der Waals surface area contributed by atoms with Crippen LogP contribution in [0.4, 0.5) is 0 Å². The van der Waals surface area contributed by atoms with Gasteiger partial charge in [-0.05, 0) is 30.4 Å². The number of phenols is 1. The Morgan fingerprint density at radius 2 is 1.75 bits per heavy atom. The zero-order valence-corrected chi connectivity index (χ0v) is 19.6. The van der Waals surface area contributed by atoms with Gasteiger partial charge in [0.25, 0.3) is 0 Å². The van der Waals surface area contributed by atoms with Crippen molar-refractivity contribution in [3.8, 4) is 5.75 Å². The van der Waals surface area contributed by atoms with Crippen LogP contribution in [-0.4, -0.2) is 56.9 Å². The number of aliphatic hydroxyl groups is 1. The van der Waals surface area contributed by atoms with Gasteiger partial charge in [-0.1, -0.05) is 31.9 Å². The smallest absolute Gasteiger partial charge is 0.309 e. The van der Waals surface area contributed by atoms with Crippen molar-refractivity contribution in [2.75, 3.05) is 0 Å². The summed E-state index contributed by atoms with van der Waals surface area (Å²) in [5.74, 6) is -13.6. The maximum Gasteiger partial charge on any atom is 0.309 e. The lowest BCUT2D eigenvalue weighted by Crippen LogP contribution is -2.73. The van der Waals surface area contributed by atoms with Crippen molar-refractivity contribution in [3.05, 3.63) is 29.3 Å². The van der Waals surface area contributed by atoms with Crippen LogP contribution in [0.3, 0.4) is 0 Å². The number of ketones is 4. The summed E-state index contributed by atoms with van der Waals surface area (Å²) in [6.45, 7) is 1.70. The number of ether oxygens (including phenoxy) is 1. The summed E-state index contributed by atoms with van der Waals surface area (Å²) < 4.78 is 5.90. The van der Waals surface area contributed by atoms with Crippen molar-refractivity contribution < 1.29 is 43.7 Å². The van der Waals surface area contributed by atoms with Crippen molar-refractivity contribution in [2.24, 2.45) is 35.3 Å². The van der Waals surface area contributed by atoms with Crippen LogP contribution in [0.5, 0.6) is 5.75 Å². The molecular formula is C26H27NO9. The normalized spacial score (nSPS) is 36.2. The Kier molecular flexibility index (Phi) is 5.62. The molecule has 0 radical (unpaired) electrons. The molecule has 10 heteroatoms. The summed E-state index contributed by atoms with van der Waals surface area (Å²) in [6.07, 6.45) is 0.936. The van der Waals surface area contributed by atoms with E-state index in [1.54, 1.807) is 19.1 Å². The van der Waals surface area contributed by atoms with Crippen LogP contribution in [0.25, 0.3) is 0 Å². The maximum absolute atomic E-state index is 13.8. The summed E-state index contributed by atoms with van der Waals surface area (Å²) >= 11 is 0. The van der Waals surface area contributed by atoms with E-state index in [4.69, 9.17) is 10.5 Å². The Labute approximate surface area is 206 Å². The Morgan fingerprint density at radius 1 is 1.08 bits per heavy atom. The van der Waals surface area contributed by atoms with Crippen molar-refractivity contribution in [1.29, 1.82) is 0 Å². The fourth-order valence-electron chi connectivity index (χ4n) is 6.83. The van der Waals surface area contributed by atoms with Crippen LogP contribution in [0.2, 0.25) is 0 Å². The van der Waals surface area contributed by atoms with Crippen LogP contribution >= 0.6 is 0 Å². The van der Waals surface area contributed by atoms with Gasteiger partial charge in [0.2, 0.25) is 5.91 Å². The molecule has 36 heavy (non-hydrogen) atoms. The van der Waals surface area contributed by atoms with Crippen molar-refractivity contribution in [2.45, 2.75) is 56.7 Å². The highest BCUT2D eigenvalue weighted by Crippen LogP contribution is 2.55. The molecular weight excluding hydrogens is 470 g/mol. The third kappa shape index (κ3) is 3.20. The highest BCUT2D eigenvalue weighted by atomic mass is 16.5. The molecule has 4 aliphatic rings. The van der Waals surface area contributed by atoms with Crippen LogP contribution in [0, 0.1) is 29.6 Å². The fourth-order valence-corrected chi connectivity index (χ4v) is 6.83. The molecule has 0 aliphatic heterocycles. The fraction of sp³-hybridized carbons (Fsp3) is 0.538. The van der Waals surface area contributed by atoms with Crippen molar-refractivity contribution in [1.82, 2.24) is 0 Å². The second-order valence-corrected chi connectivity index (χ2v) is 10.4. The average molecular weight is 498 g/mol. The largest absolute Gasteiger partial charge is 0.507 e. The lowest BCUT2D eigenvalue weighted by Gasteiger charge is -2.53. The Hall–Kier alpha value is -3.40. The highest BCUT2D eigenvalue weighted by molar-refractivity contribution is 6.31. The predicted octanol–water partition coefficient (Wildman–Crippen LogP) is 0.600. The first kappa shape index (κ1) is 24.3. The number of amides is 1. The van der Waals surface area contributed by atoms with Crippen LogP contribution in [0.15, 0.2) is 18.2 Å². The van der Waals surface area contributed by atoms with Gasteiger partial charge in [0.05, 0.1) is 17.4 Å². The van der Waals surface area contributed by atoms with E-state index in [1.807, 2.05) is 0 Å². The average Bonchev–Trinajstić information content (AvgIpc) is 3.36. The first-order chi connectivity index (χ1) is 17.0. The highest BCUT2D eigenvalue weighted by Gasteiger charge is 2.71. The predicted molar refractivity (Wildman–Crippen MR) is 120 cm³/mol. The third-order valence-corrected chi connectivity index (χ3v) is 8.63. The van der Waals surface area contributed by atoms with Crippen molar-refractivity contribution in [3.63, 3.8) is 0 Å². The van der Waals surface area contributed by atoms with Gasteiger partial charge in [0.15, 0.2) is 34.7 Å². The van der Waals surface area contributed by atoms with Crippen LogP contribution in [-0.2, 0) is 28.7 Å². The number of phenolic OH excluding ortho intramolecular Hbond substituents is 1. The monoisotopic (exact) mass is 497 g/mol. The van der Waals surface area contributed by atoms with Crippen LogP contribution < -0.4 is 5.73 Å². The molecule has 0 spiro atoms. The molecule has 0 heterocycles. The van der Waals surface area contributed by atoms with Gasteiger partial charge in [-0.3, -0.25) is 28.8 Å². The number of rotatable bonds is 3. The van der Waals surface area contributed by atoms with Gasteiger partial charge >= 0.3 is 5.97 Å². The van der Waals surface area contributed by atoms with Gasteiger partial charge in [0.1, 0.15) is 11.9 Å². The van der Waals surface area contributed by atoms with Gasteiger partial charge in [-0.15, -0.1) is 0 Å². The van der Waals surface area contributed by atoms with E-state index < -0.39 is 88.6 Å². The summed E-state index contributed by atoms with van der Waals surface area (Å²) in [5.41, 5.74) is 2.66. The number of aromatic hydroxyl groups is 1. The number of carbonyl (C=O) groups excluding carboxylic acids is 6. The van der Waals surface area contributed by atoms with Gasteiger partial charge in [0, 0.05) is 18.3 Å². The molecule has 1 amide bonds. The molecule has 7 atom stereocenters. The van der Waals surface area contributed by atoms with Gasteiger partial charge < -0.3 is 20.7 Å². The van der Waals surface area contributed by atoms with E-state index in [0.717, 1.165) is 12.8 Å². The molecule has 1 aromatic carbocycles.